The highest BCUT2D eigenvalue weighted by Gasteiger charge is 2.34. The first-order valence-corrected chi connectivity index (χ1v) is 5.71. The maximum Gasteiger partial charge on any atom is 0.0414 e. The summed E-state index contributed by atoms with van der Waals surface area (Å²) in [5, 5.41) is 0. The zero-order valence-corrected chi connectivity index (χ0v) is 9.09. The van der Waals surface area contributed by atoms with Crippen LogP contribution in [-0.2, 0) is 0 Å². The van der Waals surface area contributed by atoms with E-state index in [1.807, 2.05) is 0 Å². The second-order valence-electron chi connectivity index (χ2n) is 5.15. The fourth-order valence-electron chi connectivity index (χ4n) is 2.85. The number of aliphatic imine (C=N–C) groups is 1. The molecule has 1 saturated carbocycles. The number of hydrogen-bond donors (Lipinski definition) is 0. The molecule has 2 aliphatic rings. The van der Waals surface area contributed by atoms with Crippen LogP contribution in [0, 0.1) is 23.7 Å². The molecule has 0 aromatic rings. The first-order valence-electron chi connectivity index (χ1n) is 5.71. The van der Waals surface area contributed by atoms with Crippen LogP contribution in [0.1, 0.15) is 40.0 Å². The van der Waals surface area contributed by atoms with E-state index in [1.165, 1.54) is 19.3 Å². The van der Waals surface area contributed by atoms with Gasteiger partial charge in [-0.2, -0.15) is 0 Å². The van der Waals surface area contributed by atoms with Gasteiger partial charge in [0.15, 0.2) is 0 Å². The van der Waals surface area contributed by atoms with Gasteiger partial charge in [-0.05, 0) is 42.9 Å². The summed E-state index contributed by atoms with van der Waals surface area (Å²) in [6.45, 7) is 8.25. The van der Waals surface area contributed by atoms with Crippen LogP contribution in [-0.4, -0.2) is 12.3 Å². The summed E-state index contributed by atoms with van der Waals surface area (Å²) in [4.78, 5) is 4.73. The van der Waals surface area contributed by atoms with Gasteiger partial charge in [0.05, 0.1) is 0 Å². The molecule has 0 amide bonds. The Morgan fingerprint density at radius 2 is 2.00 bits per heavy atom. The molecule has 1 fully saturated rings. The first-order chi connectivity index (χ1) is 6.18. The Labute approximate surface area is 81.6 Å². The number of nitrogens with zero attached hydrogens (tertiary/aromatic N) is 1. The zero-order chi connectivity index (χ0) is 9.42. The highest BCUT2D eigenvalue weighted by Crippen LogP contribution is 2.38. The molecule has 0 radical (unpaired) electrons. The fraction of sp³-hybridized carbons (Fsp3) is 0.917. The minimum atomic E-state index is 0.821. The van der Waals surface area contributed by atoms with E-state index in [0.717, 1.165) is 30.2 Å². The standard InChI is InChI=1S/C12H21N/c1-8-6-11-10(3)9(2)4-5-12(11)13-7-8/h8-11H,4-7H2,1-3H3. The Balaban J connectivity index is 2.15. The lowest BCUT2D eigenvalue weighted by Gasteiger charge is -2.39. The Morgan fingerprint density at radius 1 is 1.23 bits per heavy atom. The molecule has 0 saturated heterocycles. The lowest BCUT2D eigenvalue weighted by Crippen LogP contribution is -2.36. The summed E-state index contributed by atoms with van der Waals surface area (Å²) in [6.07, 6.45) is 4.04. The van der Waals surface area contributed by atoms with Crippen molar-refractivity contribution in [2.24, 2.45) is 28.7 Å². The highest BCUT2D eigenvalue weighted by molar-refractivity contribution is 5.88. The second-order valence-corrected chi connectivity index (χ2v) is 5.15. The van der Waals surface area contributed by atoms with Crippen LogP contribution in [0.15, 0.2) is 4.99 Å². The molecule has 0 aromatic carbocycles. The summed E-state index contributed by atoms with van der Waals surface area (Å²) >= 11 is 0. The average molecular weight is 179 g/mol. The van der Waals surface area contributed by atoms with Crippen LogP contribution >= 0.6 is 0 Å². The predicted octanol–water partition coefficient (Wildman–Crippen LogP) is 3.15. The average Bonchev–Trinajstić information content (AvgIpc) is 2.12. The maximum absolute atomic E-state index is 4.73. The molecule has 1 aliphatic heterocycles. The van der Waals surface area contributed by atoms with E-state index in [2.05, 4.69) is 20.8 Å². The Morgan fingerprint density at radius 3 is 2.77 bits per heavy atom. The molecule has 74 valence electrons. The van der Waals surface area contributed by atoms with Crippen LogP contribution in [0.4, 0.5) is 0 Å². The van der Waals surface area contributed by atoms with Crippen molar-refractivity contribution in [2.75, 3.05) is 6.54 Å². The Hall–Kier alpha value is -0.330. The fourth-order valence-corrected chi connectivity index (χ4v) is 2.85. The van der Waals surface area contributed by atoms with Crippen molar-refractivity contribution < 1.29 is 0 Å². The number of fused-ring (bicyclic) bond motifs is 1. The smallest absolute Gasteiger partial charge is 0.0414 e. The van der Waals surface area contributed by atoms with E-state index in [-0.39, 0.29) is 0 Å². The summed E-state index contributed by atoms with van der Waals surface area (Å²) in [7, 11) is 0. The predicted molar refractivity (Wildman–Crippen MR) is 57.1 cm³/mol. The largest absolute Gasteiger partial charge is 0.294 e. The molecule has 1 heteroatoms. The van der Waals surface area contributed by atoms with Crippen molar-refractivity contribution in [1.29, 1.82) is 0 Å². The van der Waals surface area contributed by atoms with Gasteiger partial charge >= 0.3 is 0 Å². The summed E-state index contributed by atoms with van der Waals surface area (Å²) in [6, 6.07) is 0. The maximum atomic E-state index is 4.73. The quantitative estimate of drug-likeness (QED) is 0.541. The van der Waals surface area contributed by atoms with E-state index in [4.69, 9.17) is 4.99 Å². The lowest BCUT2D eigenvalue weighted by molar-refractivity contribution is 0.238. The van der Waals surface area contributed by atoms with Gasteiger partial charge in [-0.15, -0.1) is 0 Å². The zero-order valence-electron chi connectivity index (χ0n) is 9.09. The lowest BCUT2D eigenvalue weighted by atomic mass is 9.68. The van der Waals surface area contributed by atoms with Crippen molar-refractivity contribution in [2.45, 2.75) is 40.0 Å². The van der Waals surface area contributed by atoms with Gasteiger partial charge in [-0.25, -0.2) is 0 Å². The molecule has 0 spiro atoms. The minimum Gasteiger partial charge on any atom is -0.294 e. The molecule has 0 bridgehead atoms. The van der Waals surface area contributed by atoms with Crippen molar-refractivity contribution in [3.63, 3.8) is 0 Å². The molecular formula is C12H21N. The van der Waals surface area contributed by atoms with Gasteiger partial charge in [-0.3, -0.25) is 4.99 Å². The van der Waals surface area contributed by atoms with Crippen LogP contribution < -0.4 is 0 Å². The summed E-state index contributed by atoms with van der Waals surface area (Å²) < 4.78 is 0. The highest BCUT2D eigenvalue weighted by atomic mass is 14.8. The van der Waals surface area contributed by atoms with Crippen LogP contribution in [0.2, 0.25) is 0 Å². The minimum absolute atomic E-state index is 0.821. The molecule has 4 atom stereocenters. The van der Waals surface area contributed by atoms with Crippen molar-refractivity contribution in [3.8, 4) is 0 Å². The first kappa shape index (κ1) is 9.23. The Bertz CT molecular complexity index is 219. The van der Waals surface area contributed by atoms with Gasteiger partial charge in [0, 0.05) is 12.3 Å². The van der Waals surface area contributed by atoms with Gasteiger partial charge in [-0.1, -0.05) is 20.8 Å². The SMILES string of the molecule is CC1CN=C2CCC(C)C(C)C2C1. The molecule has 13 heavy (non-hydrogen) atoms. The molecule has 1 aliphatic carbocycles. The third kappa shape index (κ3) is 1.66. The molecule has 1 nitrogen and oxygen atoms in total. The summed E-state index contributed by atoms with van der Waals surface area (Å²) in [5.74, 6) is 3.43. The normalized spacial score (nSPS) is 45.3. The molecular weight excluding hydrogens is 158 g/mol. The van der Waals surface area contributed by atoms with E-state index >= 15 is 0 Å². The second kappa shape index (κ2) is 3.43. The van der Waals surface area contributed by atoms with Crippen LogP contribution in [0.3, 0.4) is 0 Å². The van der Waals surface area contributed by atoms with E-state index in [9.17, 15) is 0 Å². The molecule has 1 heterocycles. The number of rotatable bonds is 0. The van der Waals surface area contributed by atoms with Gasteiger partial charge in [0.25, 0.3) is 0 Å². The monoisotopic (exact) mass is 179 g/mol. The van der Waals surface area contributed by atoms with Gasteiger partial charge < -0.3 is 0 Å². The third-order valence-electron chi connectivity index (χ3n) is 4.08. The molecule has 4 unspecified atom stereocenters. The topological polar surface area (TPSA) is 12.4 Å². The van der Waals surface area contributed by atoms with E-state index < -0.39 is 0 Å². The van der Waals surface area contributed by atoms with Gasteiger partial charge in [0.2, 0.25) is 0 Å². The van der Waals surface area contributed by atoms with E-state index in [0.29, 0.717) is 0 Å². The molecule has 0 N–H and O–H groups in total. The molecule has 0 aromatic heterocycles. The third-order valence-corrected chi connectivity index (χ3v) is 4.08. The van der Waals surface area contributed by atoms with E-state index in [1.54, 1.807) is 5.71 Å². The van der Waals surface area contributed by atoms with Crippen LogP contribution in [0.5, 0.6) is 0 Å². The number of hydrogen-bond acceptors (Lipinski definition) is 1. The van der Waals surface area contributed by atoms with Crippen LogP contribution in [0.25, 0.3) is 0 Å². The van der Waals surface area contributed by atoms with Crippen molar-refractivity contribution in [1.82, 2.24) is 0 Å². The molecule has 2 rings (SSSR count). The Kier molecular flexibility index (Phi) is 2.44. The summed E-state index contributed by atoms with van der Waals surface area (Å²) in [5.41, 5.74) is 1.55. The van der Waals surface area contributed by atoms with Crippen molar-refractivity contribution in [3.05, 3.63) is 0 Å². The van der Waals surface area contributed by atoms with Gasteiger partial charge in [0.1, 0.15) is 0 Å². The van der Waals surface area contributed by atoms with Crippen molar-refractivity contribution >= 4 is 5.71 Å².